The lowest BCUT2D eigenvalue weighted by molar-refractivity contribution is -0.139. The molecule has 174 valence electrons. The van der Waals surface area contributed by atoms with Crippen LogP contribution in [0.4, 0.5) is 0 Å². The number of hydrogen-bond acceptors (Lipinski definition) is 8. The summed E-state index contributed by atoms with van der Waals surface area (Å²) in [5, 5.41) is 10.1. The van der Waals surface area contributed by atoms with Crippen LogP contribution in [0.2, 0.25) is 0 Å². The van der Waals surface area contributed by atoms with E-state index >= 15 is 0 Å². The van der Waals surface area contributed by atoms with Gasteiger partial charge in [0.25, 0.3) is 0 Å². The summed E-state index contributed by atoms with van der Waals surface area (Å²) in [6.45, 7) is 4.52. The zero-order chi connectivity index (χ0) is 24.1. The van der Waals surface area contributed by atoms with Crippen LogP contribution in [0.15, 0.2) is 81.6 Å². The van der Waals surface area contributed by atoms with E-state index in [0.29, 0.717) is 40.1 Å². The second-order valence-corrected chi connectivity index (χ2v) is 8.75. The number of aliphatic imine (C=N–C) groups is 1. The van der Waals surface area contributed by atoms with E-state index in [-0.39, 0.29) is 12.4 Å². The first-order valence-corrected chi connectivity index (χ1v) is 12.0. The van der Waals surface area contributed by atoms with Crippen LogP contribution in [0.5, 0.6) is 5.75 Å². The van der Waals surface area contributed by atoms with E-state index in [4.69, 9.17) is 20.2 Å². The second-order valence-electron chi connectivity index (χ2n) is 7.77. The molecule has 0 unspecified atom stereocenters. The van der Waals surface area contributed by atoms with Crippen molar-refractivity contribution in [3.05, 3.63) is 87.7 Å². The Morgan fingerprint density at radius 2 is 1.91 bits per heavy atom. The molecular weight excluding hydrogens is 448 g/mol. The minimum atomic E-state index is -0.547. The number of fused-ring (bicyclic) bond motifs is 1. The van der Waals surface area contributed by atoms with Crippen LogP contribution in [-0.2, 0) is 16.1 Å². The molecule has 0 saturated heterocycles. The smallest absolute Gasteiger partial charge is 0.338 e. The highest BCUT2D eigenvalue weighted by atomic mass is 32.2. The lowest BCUT2D eigenvalue weighted by atomic mass is 9.93. The summed E-state index contributed by atoms with van der Waals surface area (Å²) in [7, 11) is 0. The predicted octanol–water partition coefficient (Wildman–Crippen LogP) is 4.99. The summed E-state index contributed by atoms with van der Waals surface area (Å²) in [5.41, 5.74) is 9.38. The highest BCUT2D eigenvalue weighted by Gasteiger charge is 2.43. The molecule has 2 N–H and O–H groups in total. The quantitative estimate of drug-likeness (QED) is 0.538. The van der Waals surface area contributed by atoms with Crippen LogP contribution < -0.4 is 10.5 Å². The molecule has 2 heterocycles. The SMILES string of the molecule is CCCC1=C(C(=O)OCC)[C@H](c2ccc(OCc3ccccc3)cc2)N2C(=N1)SC(C#N)=C2N. The number of amidine groups is 1. The van der Waals surface area contributed by atoms with Crippen LogP contribution in [0.3, 0.4) is 0 Å². The third kappa shape index (κ3) is 4.66. The molecule has 2 aliphatic rings. The van der Waals surface area contributed by atoms with Gasteiger partial charge in [0.1, 0.15) is 29.2 Å². The number of carbonyl (C=O) groups is 1. The Morgan fingerprint density at radius 1 is 1.18 bits per heavy atom. The van der Waals surface area contributed by atoms with Crippen molar-refractivity contribution in [2.24, 2.45) is 10.7 Å². The number of thioether (sulfide) groups is 1. The number of benzene rings is 2. The third-order valence-corrected chi connectivity index (χ3v) is 6.47. The summed E-state index contributed by atoms with van der Waals surface area (Å²) in [5.74, 6) is 0.578. The van der Waals surface area contributed by atoms with Gasteiger partial charge in [-0.15, -0.1) is 0 Å². The summed E-state index contributed by atoms with van der Waals surface area (Å²) >= 11 is 1.23. The second kappa shape index (κ2) is 10.5. The Labute approximate surface area is 203 Å². The van der Waals surface area contributed by atoms with Gasteiger partial charge in [-0.3, -0.25) is 4.90 Å². The molecule has 2 aromatic rings. The van der Waals surface area contributed by atoms with Crippen molar-refractivity contribution in [2.75, 3.05) is 6.61 Å². The molecule has 0 aromatic heterocycles. The van der Waals surface area contributed by atoms with Gasteiger partial charge in [0.15, 0.2) is 5.17 Å². The monoisotopic (exact) mass is 474 g/mol. The zero-order valence-electron chi connectivity index (χ0n) is 19.2. The molecule has 8 heteroatoms. The average Bonchev–Trinajstić information content (AvgIpc) is 3.18. The van der Waals surface area contributed by atoms with E-state index in [9.17, 15) is 10.1 Å². The summed E-state index contributed by atoms with van der Waals surface area (Å²) in [4.78, 5) is 19.9. The van der Waals surface area contributed by atoms with Crippen molar-refractivity contribution in [1.82, 2.24) is 4.90 Å². The van der Waals surface area contributed by atoms with Gasteiger partial charge in [-0.25, -0.2) is 9.79 Å². The summed E-state index contributed by atoms with van der Waals surface area (Å²) < 4.78 is 11.3. The minimum Gasteiger partial charge on any atom is -0.489 e. The third-order valence-electron chi connectivity index (χ3n) is 5.49. The van der Waals surface area contributed by atoms with Crippen molar-refractivity contribution in [3.8, 4) is 11.8 Å². The number of allylic oxidation sites excluding steroid dienone is 2. The Morgan fingerprint density at radius 3 is 2.56 bits per heavy atom. The van der Waals surface area contributed by atoms with E-state index in [1.165, 1.54) is 11.8 Å². The normalized spacial score (nSPS) is 17.3. The van der Waals surface area contributed by atoms with E-state index < -0.39 is 12.0 Å². The number of hydrogen-bond donors (Lipinski definition) is 1. The van der Waals surface area contributed by atoms with E-state index in [1.807, 2.05) is 61.5 Å². The van der Waals surface area contributed by atoms with E-state index in [0.717, 1.165) is 17.5 Å². The fourth-order valence-corrected chi connectivity index (χ4v) is 4.83. The molecule has 0 fully saturated rings. The molecule has 0 spiro atoms. The van der Waals surface area contributed by atoms with Crippen molar-refractivity contribution >= 4 is 22.9 Å². The molecule has 4 rings (SSSR count). The van der Waals surface area contributed by atoms with Crippen LogP contribution in [0.1, 0.15) is 43.9 Å². The van der Waals surface area contributed by atoms with Crippen LogP contribution in [-0.4, -0.2) is 22.6 Å². The predicted molar refractivity (Wildman–Crippen MR) is 132 cm³/mol. The first-order chi connectivity index (χ1) is 16.6. The van der Waals surface area contributed by atoms with Crippen LogP contribution in [0, 0.1) is 11.3 Å². The highest BCUT2D eigenvalue weighted by Crippen LogP contribution is 2.46. The van der Waals surface area contributed by atoms with Crippen molar-refractivity contribution in [2.45, 2.75) is 39.3 Å². The van der Waals surface area contributed by atoms with Gasteiger partial charge < -0.3 is 15.2 Å². The Kier molecular flexibility index (Phi) is 7.24. The first-order valence-electron chi connectivity index (χ1n) is 11.2. The van der Waals surface area contributed by atoms with Gasteiger partial charge in [-0.05, 0) is 48.4 Å². The molecule has 0 bridgehead atoms. The Balaban J connectivity index is 1.71. The van der Waals surface area contributed by atoms with Crippen LogP contribution in [0.25, 0.3) is 0 Å². The number of nitriles is 1. The minimum absolute atomic E-state index is 0.251. The zero-order valence-corrected chi connectivity index (χ0v) is 20.0. The number of nitrogens with zero attached hydrogens (tertiary/aromatic N) is 3. The van der Waals surface area contributed by atoms with Gasteiger partial charge in [0.05, 0.1) is 23.9 Å². The summed E-state index contributed by atoms with van der Waals surface area (Å²) in [6, 6.07) is 19.1. The topological polar surface area (TPSA) is 101 Å². The van der Waals surface area contributed by atoms with Gasteiger partial charge >= 0.3 is 5.97 Å². The van der Waals surface area contributed by atoms with E-state index in [1.54, 1.807) is 11.8 Å². The molecular formula is C26H26N4O3S. The Bertz CT molecular complexity index is 1200. The van der Waals surface area contributed by atoms with E-state index in [2.05, 4.69) is 6.07 Å². The van der Waals surface area contributed by atoms with Crippen LogP contribution >= 0.6 is 11.8 Å². The number of nitrogens with two attached hydrogens (primary N) is 1. The number of carbonyl (C=O) groups excluding carboxylic acids is 1. The maximum atomic E-state index is 13.1. The van der Waals surface area contributed by atoms with Crippen molar-refractivity contribution in [1.29, 1.82) is 5.26 Å². The molecule has 0 radical (unpaired) electrons. The number of esters is 1. The van der Waals surface area contributed by atoms with Gasteiger partial charge in [0.2, 0.25) is 0 Å². The fourth-order valence-electron chi connectivity index (χ4n) is 3.94. The number of rotatable bonds is 8. The standard InChI is InChI=1S/C26H26N4O3S/c1-3-8-20-22(25(31)32-4-2)23(30-24(28)21(15-27)34-26(30)29-20)18-11-13-19(14-12-18)33-16-17-9-6-5-7-10-17/h5-7,9-14,23H,3-4,8,16,28H2,1-2H3/t23-/m0/s1. The molecule has 2 aromatic carbocycles. The number of ether oxygens (including phenoxy) is 2. The first kappa shape index (κ1) is 23.5. The van der Waals surface area contributed by atoms with Crippen molar-refractivity contribution in [3.63, 3.8) is 0 Å². The molecule has 1 atom stereocenters. The fraction of sp³-hybridized carbons (Fsp3) is 0.269. The maximum absolute atomic E-state index is 13.1. The van der Waals surface area contributed by atoms with Gasteiger partial charge in [-0.2, -0.15) is 5.26 Å². The summed E-state index contributed by atoms with van der Waals surface area (Å²) in [6.07, 6.45) is 1.43. The lowest BCUT2D eigenvalue weighted by Gasteiger charge is -2.35. The molecule has 7 nitrogen and oxygen atoms in total. The molecule has 0 saturated carbocycles. The van der Waals surface area contributed by atoms with Gasteiger partial charge in [-0.1, -0.05) is 55.8 Å². The molecule has 0 aliphatic carbocycles. The Hall–Kier alpha value is -3.70. The lowest BCUT2D eigenvalue weighted by Crippen LogP contribution is -2.39. The maximum Gasteiger partial charge on any atom is 0.338 e. The van der Waals surface area contributed by atoms with Gasteiger partial charge in [0, 0.05) is 0 Å². The van der Waals surface area contributed by atoms with Crippen molar-refractivity contribution < 1.29 is 14.3 Å². The molecule has 34 heavy (non-hydrogen) atoms. The average molecular weight is 475 g/mol. The highest BCUT2D eigenvalue weighted by molar-refractivity contribution is 8.17. The largest absolute Gasteiger partial charge is 0.489 e. The molecule has 2 aliphatic heterocycles. The molecule has 0 amide bonds.